The Morgan fingerprint density at radius 1 is 1.36 bits per heavy atom. The van der Waals surface area contributed by atoms with Crippen LogP contribution in [0.2, 0.25) is 0 Å². The van der Waals surface area contributed by atoms with Crippen molar-refractivity contribution in [2.75, 3.05) is 27.2 Å². The van der Waals surface area contributed by atoms with Gasteiger partial charge in [0.25, 0.3) is 10.2 Å². The van der Waals surface area contributed by atoms with Gasteiger partial charge in [0.1, 0.15) is 0 Å². The van der Waals surface area contributed by atoms with Gasteiger partial charge in [0.05, 0.1) is 12.0 Å². The van der Waals surface area contributed by atoms with E-state index in [0.29, 0.717) is 13.0 Å². The molecule has 0 aromatic heterocycles. The third kappa shape index (κ3) is 4.59. The topological polar surface area (TPSA) is 69.7 Å². The van der Waals surface area contributed by atoms with E-state index in [1.807, 2.05) is 38.1 Å². The molecule has 7 heteroatoms. The molecule has 0 aliphatic carbocycles. The number of hydrogen-bond acceptors (Lipinski definition) is 3. The molecule has 2 atom stereocenters. The number of carbonyl (C=O) groups excluding carboxylic acids is 1. The minimum Gasteiger partial charge on any atom is -0.349 e. The highest BCUT2D eigenvalue weighted by molar-refractivity contribution is 7.86. The number of carbonyl (C=O) groups is 1. The van der Waals surface area contributed by atoms with Gasteiger partial charge < -0.3 is 5.32 Å². The van der Waals surface area contributed by atoms with Crippen LogP contribution in [0, 0.1) is 12.8 Å². The van der Waals surface area contributed by atoms with Crippen LogP contribution in [0.1, 0.15) is 43.4 Å². The lowest BCUT2D eigenvalue weighted by Gasteiger charge is -2.33. The lowest BCUT2D eigenvalue weighted by molar-refractivity contribution is -0.126. The van der Waals surface area contributed by atoms with Crippen LogP contribution in [0.3, 0.4) is 0 Å². The smallest absolute Gasteiger partial charge is 0.281 e. The highest BCUT2D eigenvalue weighted by atomic mass is 32.2. The summed E-state index contributed by atoms with van der Waals surface area (Å²) >= 11 is 0. The van der Waals surface area contributed by atoms with Gasteiger partial charge in [0.15, 0.2) is 0 Å². The summed E-state index contributed by atoms with van der Waals surface area (Å²) < 4.78 is 27.3. The van der Waals surface area contributed by atoms with Crippen LogP contribution in [-0.2, 0) is 15.0 Å². The van der Waals surface area contributed by atoms with Gasteiger partial charge in [-0.2, -0.15) is 17.0 Å². The Labute approximate surface area is 151 Å². The van der Waals surface area contributed by atoms with E-state index in [0.717, 1.165) is 24.0 Å². The van der Waals surface area contributed by atoms with Crippen molar-refractivity contribution in [3.63, 3.8) is 0 Å². The predicted molar refractivity (Wildman–Crippen MR) is 99.3 cm³/mol. The summed E-state index contributed by atoms with van der Waals surface area (Å²) in [6, 6.07) is 7.99. The molecule has 1 amide bonds. The Balaban J connectivity index is 2.08. The Morgan fingerprint density at radius 3 is 2.64 bits per heavy atom. The fraction of sp³-hybridized carbons (Fsp3) is 0.611. The lowest BCUT2D eigenvalue weighted by atomic mass is 9.95. The zero-order valence-electron chi connectivity index (χ0n) is 15.5. The summed E-state index contributed by atoms with van der Waals surface area (Å²) in [7, 11) is -0.436. The minimum absolute atomic E-state index is 0.0467. The summed E-state index contributed by atoms with van der Waals surface area (Å²) in [5, 5.41) is 3.12. The minimum atomic E-state index is -3.47. The van der Waals surface area contributed by atoms with Gasteiger partial charge in [-0.15, -0.1) is 0 Å². The molecule has 0 unspecified atom stereocenters. The van der Waals surface area contributed by atoms with Crippen molar-refractivity contribution in [3.05, 3.63) is 35.4 Å². The van der Waals surface area contributed by atoms with E-state index in [2.05, 4.69) is 5.32 Å². The van der Waals surface area contributed by atoms with Crippen LogP contribution in [0.4, 0.5) is 0 Å². The normalized spacial score (nSPS) is 20.4. The molecule has 1 heterocycles. The average Bonchev–Trinajstić information content (AvgIpc) is 2.60. The molecule has 0 radical (unpaired) electrons. The summed E-state index contributed by atoms with van der Waals surface area (Å²) in [5.74, 6) is -0.365. The summed E-state index contributed by atoms with van der Waals surface area (Å²) in [6.07, 6.45) is 2.21. The van der Waals surface area contributed by atoms with Crippen molar-refractivity contribution >= 4 is 16.1 Å². The van der Waals surface area contributed by atoms with Crippen molar-refractivity contribution in [3.8, 4) is 0 Å². The molecule has 1 fully saturated rings. The molecule has 1 aromatic rings. The molecule has 6 nitrogen and oxygen atoms in total. The first-order chi connectivity index (χ1) is 11.8. The van der Waals surface area contributed by atoms with E-state index in [-0.39, 0.29) is 24.4 Å². The molecular weight excluding hydrogens is 338 g/mol. The van der Waals surface area contributed by atoms with Crippen LogP contribution in [0.25, 0.3) is 0 Å². The molecule has 1 saturated heterocycles. The maximum Gasteiger partial charge on any atom is 0.281 e. The third-order valence-corrected chi connectivity index (χ3v) is 6.74. The van der Waals surface area contributed by atoms with Crippen LogP contribution < -0.4 is 5.32 Å². The highest BCUT2D eigenvalue weighted by Gasteiger charge is 2.34. The monoisotopic (exact) mass is 367 g/mol. The zero-order chi connectivity index (χ0) is 18.6. The van der Waals surface area contributed by atoms with Crippen molar-refractivity contribution in [1.29, 1.82) is 0 Å². The van der Waals surface area contributed by atoms with Crippen LogP contribution in [0.15, 0.2) is 24.3 Å². The Kier molecular flexibility index (Phi) is 6.59. The number of hydrogen-bond donors (Lipinski definition) is 1. The molecule has 0 saturated carbocycles. The molecule has 0 bridgehead atoms. The van der Waals surface area contributed by atoms with Crippen molar-refractivity contribution < 1.29 is 13.2 Å². The summed E-state index contributed by atoms with van der Waals surface area (Å²) in [4.78, 5) is 12.7. The number of piperidine rings is 1. The van der Waals surface area contributed by atoms with Gasteiger partial charge in [0.2, 0.25) is 5.91 Å². The van der Waals surface area contributed by atoms with Gasteiger partial charge in [0, 0.05) is 27.2 Å². The average molecular weight is 368 g/mol. The van der Waals surface area contributed by atoms with Crippen molar-refractivity contribution in [1.82, 2.24) is 13.9 Å². The Hall–Kier alpha value is -1.44. The first-order valence-corrected chi connectivity index (χ1v) is 10.2. The fourth-order valence-corrected chi connectivity index (χ4v) is 4.45. The first-order valence-electron chi connectivity index (χ1n) is 8.80. The SMILES string of the molecule is CC[C@@H](NC(=O)[C@H]1CCCN(S(=O)(=O)N(C)C)C1)c1ccccc1C. The van der Waals surface area contributed by atoms with Gasteiger partial charge in [-0.3, -0.25) is 4.79 Å². The van der Waals surface area contributed by atoms with Crippen LogP contribution in [0.5, 0.6) is 0 Å². The third-order valence-electron chi connectivity index (χ3n) is 4.83. The second-order valence-corrected chi connectivity index (χ2v) is 8.96. The fourth-order valence-electron chi connectivity index (χ4n) is 3.26. The van der Waals surface area contributed by atoms with E-state index in [1.165, 1.54) is 22.7 Å². The van der Waals surface area contributed by atoms with Crippen molar-refractivity contribution in [2.24, 2.45) is 5.92 Å². The van der Waals surface area contributed by atoms with Gasteiger partial charge in [-0.25, -0.2) is 0 Å². The van der Waals surface area contributed by atoms with Crippen molar-refractivity contribution in [2.45, 2.75) is 39.2 Å². The van der Waals surface area contributed by atoms with E-state index < -0.39 is 10.2 Å². The molecular formula is C18H29N3O3S. The molecule has 2 rings (SSSR count). The molecule has 1 N–H and O–H groups in total. The number of benzene rings is 1. The number of nitrogens with one attached hydrogen (secondary N) is 1. The number of aryl methyl sites for hydroxylation is 1. The molecule has 1 aromatic carbocycles. The Morgan fingerprint density at radius 2 is 2.04 bits per heavy atom. The molecule has 25 heavy (non-hydrogen) atoms. The maximum atomic E-state index is 12.7. The number of amides is 1. The lowest BCUT2D eigenvalue weighted by Crippen LogP contribution is -2.49. The van der Waals surface area contributed by atoms with Gasteiger partial charge in [-0.05, 0) is 37.3 Å². The van der Waals surface area contributed by atoms with Gasteiger partial charge >= 0.3 is 0 Å². The maximum absolute atomic E-state index is 12.7. The highest BCUT2D eigenvalue weighted by Crippen LogP contribution is 2.24. The summed E-state index contributed by atoms with van der Waals surface area (Å²) in [5.41, 5.74) is 2.27. The Bertz CT molecular complexity index is 703. The zero-order valence-corrected chi connectivity index (χ0v) is 16.3. The van der Waals surface area contributed by atoms with Gasteiger partial charge in [-0.1, -0.05) is 31.2 Å². The van der Waals surface area contributed by atoms with E-state index in [4.69, 9.17) is 0 Å². The van der Waals surface area contributed by atoms with Crippen LogP contribution in [-0.4, -0.2) is 50.1 Å². The first kappa shape index (κ1) is 19.9. The largest absolute Gasteiger partial charge is 0.349 e. The molecule has 1 aliphatic heterocycles. The molecule has 140 valence electrons. The molecule has 0 spiro atoms. The van der Waals surface area contributed by atoms with E-state index in [9.17, 15) is 13.2 Å². The quantitative estimate of drug-likeness (QED) is 0.837. The molecule has 1 aliphatic rings. The standard InChI is InChI=1S/C18H29N3O3S/c1-5-17(16-11-7-6-9-14(16)2)19-18(22)15-10-8-12-21(13-15)25(23,24)20(3)4/h6-7,9,11,15,17H,5,8,10,12-13H2,1-4H3,(H,19,22)/t15-,17+/m0/s1. The number of nitrogens with zero attached hydrogens (tertiary/aromatic N) is 2. The van der Waals surface area contributed by atoms with E-state index >= 15 is 0 Å². The second-order valence-electron chi connectivity index (χ2n) is 6.81. The second kappa shape index (κ2) is 8.29. The van der Waals surface area contributed by atoms with E-state index in [1.54, 1.807) is 0 Å². The van der Waals surface area contributed by atoms with Crippen LogP contribution >= 0.6 is 0 Å². The predicted octanol–water partition coefficient (Wildman–Crippen LogP) is 2.08. The number of rotatable bonds is 6. The summed E-state index contributed by atoms with van der Waals surface area (Å²) in [6.45, 7) is 4.80.